The predicted octanol–water partition coefficient (Wildman–Crippen LogP) is 0.461. The number of pyridine rings is 1. The summed E-state index contributed by atoms with van der Waals surface area (Å²) in [6, 6.07) is 1.91. The number of hydrogen-bond donors (Lipinski definition) is 1. The Hall–Kier alpha value is -1.62. The molecule has 1 saturated heterocycles. The summed E-state index contributed by atoms with van der Waals surface area (Å²) in [5.74, 6) is -0.812. The van der Waals surface area contributed by atoms with Crippen molar-refractivity contribution >= 4 is 11.7 Å². The second-order valence-corrected chi connectivity index (χ2v) is 4.37. The fraction of sp³-hybridized carbons (Fsp3) is 0.500. The number of rotatable bonds is 3. The normalized spacial score (nSPS) is 17.1. The number of carboxylic acids is 1. The molecule has 17 heavy (non-hydrogen) atoms. The van der Waals surface area contributed by atoms with Crippen LogP contribution in [0.4, 0.5) is 5.69 Å². The highest BCUT2D eigenvalue weighted by atomic mass is 16.4. The van der Waals surface area contributed by atoms with Crippen LogP contribution in [0, 0.1) is 0 Å². The lowest BCUT2D eigenvalue weighted by Crippen LogP contribution is -2.44. The van der Waals surface area contributed by atoms with Crippen molar-refractivity contribution in [3.63, 3.8) is 0 Å². The minimum atomic E-state index is -0.812. The summed E-state index contributed by atoms with van der Waals surface area (Å²) in [4.78, 5) is 19.3. The van der Waals surface area contributed by atoms with Crippen LogP contribution in [0.15, 0.2) is 18.5 Å². The molecule has 0 bridgehead atoms. The Morgan fingerprint density at radius 1 is 1.41 bits per heavy atom. The lowest BCUT2D eigenvalue weighted by molar-refractivity contribution is -0.136. The Bertz CT molecular complexity index is 400. The smallest absolute Gasteiger partial charge is 0.307 e. The lowest BCUT2D eigenvalue weighted by atomic mass is 10.1. The van der Waals surface area contributed by atoms with E-state index in [1.54, 1.807) is 12.4 Å². The van der Waals surface area contributed by atoms with E-state index in [4.69, 9.17) is 5.11 Å². The third kappa shape index (κ3) is 2.94. The quantitative estimate of drug-likeness (QED) is 0.825. The summed E-state index contributed by atoms with van der Waals surface area (Å²) < 4.78 is 0. The summed E-state index contributed by atoms with van der Waals surface area (Å²) in [7, 11) is 2.10. The van der Waals surface area contributed by atoms with Crippen LogP contribution in [-0.2, 0) is 11.2 Å². The highest BCUT2D eigenvalue weighted by Gasteiger charge is 2.17. The first-order valence-corrected chi connectivity index (χ1v) is 5.75. The number of hydrogen-bond acceptors (Lipinski definition) is 4. The molecule has 0 amide bonds. The van der Waals surface area contributed by atoms with Gasteiger partial charge in [-0.15, -0.1) is 0 Å². The Labute approximate surface area is 101 Å². The summed E-state index contributed by atoms with van der Waals surface area (Å²) in [5, 5.41) is 8.88. The molecule has 5 nitrogen and oxygen atoms in total. The molecule has 1 aliphatic heterocycles. The molecule has 1 fully saturated rings. The molecule has 1 aliphatic rings. The van der Waals surface area contributed by atoms with Crippen molar-refractivity contribution in [3.8, 4) is 0 Å². The molecule has 0 radical (unpaired) electrons. The van der Waals surface area contributed by atoms with Gasteiger partial charge >= 0.3 is 5.97 Å². The zero-order valence-corrected chi connectivity index (χ0v) is 9.96. The summed E-state index contributed by atoms with van der Waals surface area (Å²) in [6.07, 6.45) is 3.41. The van der Waals surface area contributed by atoms with E-state index in [2.05, 4.69) is 21.8 Å². The van der Waals surface area contributed by atoms with Gasteiger partial charge in [-0.25, -0.2) is 0 Å². The van der Waals surface area contributed by atoms with Crippen LogP contribution in [-0.4, -0.2) is 54.2 Å². The van der Waals surface area contributed by atoms with E-state index in [0.717, 1.165) is 37.4 Å². The van der Waals surface area contributed by atoms with Gasteiger partial charge in [0.25, 0.3) is 0 Å². The Morgan fingerprint density at radius 3 is 2.76 bits per heavy atom. The number of nitrogens with zero attached hydrogens (tertiary/aromatic N) is 3. The van der Waals surface area contributed by atoms with Gasteiger partial charge < -0.3 is 14.9 Å². The monoisotopic (exact) mass is 235 g/mol. The average molecular weight is 235 g/mol. The number of anilines is 1. The van der Waals surface area contributed by atoms with Crippen molar-refractivity contribution in [3.05, 3.63) is 24.0 Å². The number of aromatic nitrogens is 1. The van der Waals surface area contributed by atoms with E-state index in [-0.39, 0.29) is 6.42 Å². The topological polar surface area (TPSA) is 56.7 Å². The van der Waals surface area contributed by atoms with Crippen LogP contribution in [0.1, 0.15) is 5.56 Å². The number of carboxylic acid groups (broad SMARTS) is 1. The van der Waals surface area contributed by atoms with Gasteiger partial charge in [-0.05, 0) is 13.1 Å². The van der Waals surface area contributed by atoms with E-state index >= 15 is 0 Å². The van der Waals surface area contributed by atoms with Crippen molar-refractivity contribution < 1.29 is 9.90 Å². The molecule has 0 unspecified atom stereocenters. The Kier molecular flexibility index (Phi) is 3.58. The molecule has 0 spiro atoms. The molecule has 0 aliphatic carbocycles. The van der Waals surface area contributed by atoms with Gasteiger partial charge in [0, 0.05) is 49.8 Å². The van der Waals surface area contributed by atoms with Gasteiger partial charge in [0.05, 0.1) is 6.42 Å². The van der Waals surface area contributed by atoms with Crippen molar-refractivity contribution in [2.24, 2.45) is 0 Å². The summed E-state index contributed by atoms with van der Waals surface area (Å²) in [5.41, 5.74) is 1.81. The van der Waals surface area contributed by atoms with Crippen molar-refractivity contribution in [1.29, 1.82) is 0 Å². The fourth-order valence-electron chi connectivity index (χ4n) is 2.07. The van der Waals surface area contributed by atoms with Crippen LogP contribution in [0.5, 0.6) is 0 Å². The fourth-order valence-corrected chi connectivity index (χ4v) is 2.07. The molecule has 0 atom stereocenters. The van der Waals surface area contributed by atoms with E-state index < -0.39 is 5.97 Å². The van der Waals surface area contributed by atoms with E-state index in [1.165, 1.54) is 0 Å². The van der Waals surface area contributed by atoms with Crippen LogP contribution in [0.3, 0.4) is 0 Å². The maximum atomic E-state index is 10.8. The van der Waals surface area contributed by atoms with E-state index in [0.29, 0.717) is 0 Å². The SMILES string of the molecule is CN1CCN(c2ccncc2CC(=O)O)CC1. The summed E-state index contributed by atoms with van der Waals surface area (Å²) in [6.45, 7) is 3.89. The van der Waals surface area contributed by atoms with Crippen LogP contribution < -0.4 is 4.90 Å². The van der Waals surface area contributed by atoms with Crippen LogP contribution in [0.25, 0.3) is 0 Å². The van der Waals surface area contributed by atoms with Crippen LogP contribution >= 0.6 is 0 Å². The Morgan fingerprint density at radius 2 is 2.12 bits per heavy atom. The second kappa shape index (κ2) is 5.14. The minimum absolute atomic E-state index is 0.0372. The molecule has 1 aromatic rings. The van der Waals surface area contributed by atoms with Gasteiger partial charge in [-0.2, -0.15) is 0 Å². The average Bonchev–Trinajstić information content (AvgIpc) is 2.30. The van der Waals surface area contributed by atoms with E-state index in [9.17, 15) is 4.79 Å². The summed E-state index contributed by atoms with van der Waals surface area (Å²) >= 11 is 0. The third-order valence-electron chi connectivity index (χ3n) is 3.06. The van der Waals surface area contributed by atoms with Gasteiger partial charge in [0.1, 0.15) is 0 Å². The second-order valence-electron chi connectivity index (χ2n) is 4.37. The van der Waals surface area contributed by atoms with Gasteiger partial charge in [0.2, 0.25) is 0 Å². The van der Waals surface area contributed by atoms with Crippen molar-refractivity contribution in [2.45, 2.75) is 6.42 Å². The number of piperazine rings is 1. The zero-order valence-electron chi connectivity index (χ0n) is 9.96. The van der Waals surface area contributed by atoms with Crippen molar-refractivity contribution in [1.82, 2.24) is 9.88 Å². The number of likely N-dealkylation sites (N-methyl/N-ethyl adjacent to an activating group) is 1. The molecule has 2 rings (SSSR count). The maximum absolute atomic E-state index is 10.8. The van der Waals surface area contributed by atoms with Gasteiger partial charge in [0.15, 0.2) is 0 Å². The zero-order chi connectivity index (χ0) is 12.3. The number of carbonyl (C=O) groups is 1. The molecule has 1 aromatic heterocycles. The standard InChI is InChI=1S/C12H17N3O2/c1-14-4-6-15(7-5-14)11-2-3-13-9-10(11)8-12(16)17/h2-3,9H,4-8H2,1H3,(H,16,17). The third-order valence-corrected chi connectivity index (χ3v) is 3.06. The molecule has 2 heterocycles. The predicted molar refractivity (Wildman–Crippen MR) is 65.3 cm³/mol. The Balaban J connectivity index is 2.16. The molecule has 5 heteroatoms. The first kappa shape index (κ1) is 11.9. The molecule has 0 aromatic carbocycles. The maximum Gasteiger partial charge on any atom is 0.307 e. The molecule has 0 saturated carbocycles. The van der Waals surface area contributed by atoms with Gasteiger partial charge in [-0.1, -0.05) is 0 Å². The molecule has 92 valence electrons. The first-order valence-electron chi connectivity index (χ1n) is 5.75. The van der Waals surface area contributed by atoms with Crippen LogP contribution in [0.2, 0.25) is 0 Å². The van der Waals surface area contributed by atoms with E-state index in [1.807, 2.05) is 6.07 Å². The van der Waals surface area contributed by atoms with Crippen molar-refractivity contribution in [2.75, 3.05) is 38.1 Å². The molecule has 1 N–H and O–H groups in total. The van der Waals surface area contributed by atoms with Gasteiger partial charge in [-0.3, -0.25) is 9.78 Å². The first-order chi connectivity index (χ1) is 8.16. The lowest BCUT2D eigenvalue weighted by Gasteiger charge is -2.34. The minimum Gasteiger partial charge on any atom is -0.481 e. The highest BCUT2D eigenvalue weighted by Crippen LogP contribution is 2.21. The molecular weight excluding hydrogens is 218 g/mol. The number of aliphatic carboxylic acids is 1. The highest BCUT2D eigenvalue weighted by molar-refractivity contribution is 5.73. The largest absolute Gasteiger partial charge is 0.481 e. The molecular formula is C12H17N3O2.